The minimum atomic E-state index is -1.30. The van der Waals surface area contributed by atoms with Crippen LogP contribution in [0.4, 0.5) is 5.69 Å². The summed E-state index contributed by atoms with van der Waals surface area (Å²) in [6.07, 6.45) is 4.91. The topological polar surface area (TPSA) is 50.7 Å². The van der Waals surface area contributed by atoms with Gasteiger partial charge in [0.2, 0.25) is 0 Å². The van der Waals surface area contributed by atoms with Gasteiger partial charge in [0, 0.05) is 36.0 Å². The molecule has 3 rings (SSSR count). The lowest BCUT2D eigenvalue weighted by Crippen LogP contribution is -2.44. The van der Waals surface area contributed by atoms with Crippen LogP contribution in [0.25, 0.3) is 0 Å². The Bertz CT molecular complexity index is 887. The predicted molar refractivity (Wildman–Crippen MR) is 133 cm³/mol. The highest BCUT2D eigenvalue weighted by molar-refractivity contribution is 8.05. The fraction of sp³-hybridized carbons (Fsp3) is 0.417. The standard InChI is InChI=1S/C24H31N3OS2/c1-4-5-6-12-17-27(3)21-16-11-10-13-19(21)18-30(28)23-25-22(29)24(2,26-23)20-14-8-7-9-15-20/h7-11,13-16H,4-6,12,17-18H2,1-3H3,(H,25,26,29). The van der Waals surface area contributed by atoms with E-state index in [4.69, 9.17) is 12.2 Å². The maximum absolute atomic E-state index is 13.2. The number of anilines is 1. The summed E-state index contributed by atoms with van der Waals surface area (Å²) >= 11 is 4.24. The van der Waals surface area contributed by atoms with E-state index < -0.39 is 16.7 Å². The molecule has 0 aromatic heterocycles. The highest BCUT2D eigenvalue weighted by Crippen LogP contribution is 2.30. The minimum absolute atomic E-state index is 0.411. The van der Waals surface area contributed by atoms with Crippen LogP contribution < -0.4 is 10.2 Å². The lowest BCUT2D eigenvalue weighted by molar-refractivity contribution is 0.593. The molecule has 0 saturated carbocycles. The van der Waals surface area contributed by atoms with E-state index in [1.165, 1.54) is 25.7 Å². The minimum Gasteiger partial charge on any atom is -0.609 e. The Hall–Kier alpha value is -1.89. The van der Waals surface area contributed by atoms with Crippen LogP contribution >= 0.6 is 12.2 Å². The summed E-state index contributed by atoms with van der Waals surface area (Å²) in [6.45, 7) is 5.22. The van der Waals surface area contributed by atoms with Gasteiger partial charge in [-0.2, -0.15) is 4.99 Å². The van der Waals surface area contributed by atoms with Crippen LogP contribution in [0, 0.1) is 0 Å². The summed E-state index contributed by atoms with van der Waals surface area (Å²) in [5.41, 5.74) is 2.63. The van der Waals surface area contributed by atoms with Crippen molar-refractivity contribution in [2.45, 2.75) is 50.8 Å². The number of benzene rings is 2. The monoisotopic (exact) mass is 441 g/mol. The predicted octanol–water partition coefficient (Wildman–Crippen LogP) is 5.15. The second-order valence-corrected chi connectivity index (χ2v) is 9.69. The summed E-state index contributed by atoms with van der Waals surface area (Å²) in [5, 5.41) is 3.81. The lowest BCUT2D eigenvalue weighted by Gasteiger charge is -2.25. The fourth-order valence-electron chi connectivity index (χ4n) is 3.69. The van der Waals surface area contributed by atoms with Gasteiger partial charge in [-0.05, 0) is 25.0 Å². The molecule has 2 aromatic rings. The Balaban J connectivity index is 1.69. The van der Waals surface area contributed by atoms with Gasteiger partial charge < -0.3 is 14.8 Å². The average molecular weight is 442 g/mol. The summed E-state index contributed by atoms with van der Waals surface area (Å²) in [6, 6.07) is 18.2. The number of rotatable bonds is 9. The molecule has 4 nitrogen and oxygen atoms in total. The Morgan fingerprint density at radius 1 is 1.07 bits per heavy atom. The van der Waals surface area contributed by atoms with Gasteiger partial charge in [0.05, 0.1) is 0 Å². The molecule has 0 saturated heterocycles. The van der Waals surface area contributed by atoms with Crippen molar-refractivity contribution in [1.29, 1.82) is 0 Å². The molecular formula is C24H31N3OS2. The highest BCUT2D eigenvalue weighted by Gasteiger charge is 2.42. The van der Waals surface area contributed by atoms with Crippen LogP contribution in [0.2, 0.25) is 0 Å². The number of aliphatic imine (C=N–C) groups is 1. The second kappa shape index (κ2) is 10.4. The van der Waals surface area contributed by atoms with Crippen LogP contribution in [0.15, 0.2) is 59.6 Å². The van der Waals surface area contributed by atoms with Crippen molar-refractivity contribution < 1.29 is 4.55 Å². The first-order valence-corrected chi connectivity index (χ1v) is 12.3. The van der Waals surface area contributed by atoms with Gasteiger partial charge in [-0.25, -0.2) is 0 Å². The largest absolute Gasteiger partial charge is 0.609 e. The molecule has 160 valence electrons. The molecule has 1 aliphatic heterocycles. The van der Waals surface area contributed by atoms with Crippen molar-refractivity contribution in [2.75, 3.05) is 18.5 Å². The quantitative estimate of drug-likeness (QED) is 0.332. The molecule has 0 bridgehead atoms. The third kappa shape index (κ3) is 5.23. The summed E-state index contributed by atoms with van der Waals surface area (Å²) < 4.78 is 13.2. The Labute approximate surface area is 189 Å². The van der Waals surface area contributed by atoms with Crippen LogP contribution in [-0.2, 0) is 22.5 Å². The van der Waals surface area contributed by atoms with Crippen LogP contribution in [0.3, 0.4) is 0 Å². The maximum atomic E-state index is 13.2. The summed E-state index contributed by atoms with van der Waals surface area (Å²) in [7, 11) is 2.11. The van der Waals surface area contributed by atoms with E-state index in [1.54, 1.807) is 0 Å². The smallest absolute Gasteiger partial charge is 0.318 e. The number of hydrogen-bond acceptors (Lipinski definition) is 4. The second-order valence-electron chi connectivity index (χ2n) is 7.94. The van der Waals surface area contributed by atoms with Crippen molar-refractivity contribution >= 4 is 39.2 Å². The Kier molecular flexibility index (Phi) is 7.92. The summed E-state index contributed by atoms with van der Waals surface area (Å²) in [5.74, 6) is 0.411. The van der Waals surface area contributed by atoms with Crippen molar-refractivity contribution in [3.63, 3.8) is 0 Å². The molecule has 0 amide bonds. The van der Waals surface area contributed by atoms with E-state index in [0.717, 1.165) is 23.4 Å². The third-order valence-corrected chi connectivity index (χ3v) is 7.29. The Morgan fingerprint density at radius 3 is 2.50 bits per heavy atom. The first-order valence-electron chi connectivity index (χ1n) is 10.6. The zero-order chi connectivity index (χ0) is 21.6. The molecule has 2 aromatic carbocycles. The number of para-hydroxylation sites is 1. The molecule has 0 radical (unpaired) electrons. The van der Waals surface area contributed by atoms with E-state index >= 15 is 0 Å². The molecule has 30 heavy (non-hydrogen) atoms. The van der Waals surface area contributed by atoms with E-state index in [2.05, 4.69) is 41.3 Å². The van der Waals surface area contributed by atoms with Crippen LogP contribution in [-0.4, -0.2) is 28.3 Å². The number of nitrogens with one attached hydrogen (secondary N) is 1. The van der Waals surface area contributed by atoms with Gasteiger partial charge in [0.25, 0.3) is 0 Å². The molecule has 0 spiro atoms. The first-order chi connectivity index (χ1) is 14.5. The average Bonchev–Trinajstić information content (AvgIpc) is 3.08. The van der Waals surface area contributed by atoms with Crippen LogP contribution in [0.5, 0.6) is 0 Å². The van der Waals surface area contributed by atoms with Gasteiger partial charge in [-0.1, -0.05) is 86.9 Å². The molecule has 2 atom stereocenters. The van der Waals surface area contributed by atoms with Crippen LogP contribution in [0.1, 0.15) is 50.7 Å². The molecule has 1 heterocycles. The van der Waals surface area contributed by atoms with Gasteiger partial charge >= 0.3 is 5.17 Å². The SMILES string of the molecule is CCCCCCN(C)c1ccccc1C[S+]([O-])C1=NC(=S)C(C)(c2ccccc2)N1. The van der Waals surface area contributed by atoms with E-state index in [0.29, 0.717) is 15.9 Å². The number of unbranched alkanes of at least 4 members (excludes halogenated alkanes) is 3. The maximum Gasteiger partial charge on any atom is 0.318 e. The zero-order valence-corrected chi connectivity index (χ0v) is 19.7. The first kappa shape index (κ1) is 22.8. The van der Waals surface area contributed by atoms with Gasteiger partial charge in [-0.3, -0.25) is 0 Å². The molecule has 1 N–H and O–H groups in total. The molecular weight excluding hydrogens is 410 g/mol. The van der Waals surface area contributed by atoms with Crippen molar-refractivity contribution in [3.8, 4) is 0 Å². The molecule has 2 unspecified atom stereocenters. The van der Waals surface area contributed by atoms with Gasteiger partial charge in [-0.15, -0.1) is 0 Å². The van der Waals surface area contributed by atoms with E-state index in [-0.39, 0.29) is 0 Å². The number of amidine groups is 1. The molecule has 0 fully saturated rings. The van der Waals surface area contributed by atoms with E-state index in [1.807, 2.05) is 49.4 Å². The van der Waals surface area contributed by atoms with Crippen molar-refractivity contribution in [3.05, 3.63) is 65.7 Å². The third-order valence-electron chi connectivity index (χ3n) is 5.59. The fourth-order valence-corrected chi connectivity index (χ4v) is 5.18. The lowest BCUT2D eigenvalue weighted by atomic mass is 9.93. The van der Waals surface area contributed by atoms with Crippen molar-refractivity contribution in [1.82, 2.24) is 5.32 Å². The van der Waals surface area contributed by atoms with E-state index in [9.17, 15) is 4.55 Å². The van der Waals surface area contributed by atoms with Crippen molar-refractivity contribution in [2.24, 2.45) is 4.99 Å². The zero-order valence-electron chi connectivity index (χ0n) is 18.1. The normalized spacial score (nSPS) is 19.3. The molecule has 6 heteroatoms. The Morgan fingerprint density at radius 2 is 1.77 bits per heavy atom. The van der Waals surface area contributed by atoms with Gasteiger partial charge in [0.15, 0.2) is 0 Å². The number of nitrogens with zero attached hydrogens (tertiary/aromatic N) is 2. The molecule has 1 aliphatic rings. The number of thiocarbonyl (C=S) groups is 1. The number of hydrogen-bond donors (Lipinski definition) is 1. The highest BCUT2D eigenvalue weighted by atomic mass is 32.2. The molecule has 0 aliphatic carbocycles. The van der Waals surface area contributed by atoms with Gasteiger partial charge in [0.1, 0.15) is 16.3 Å². The summed E-state index contributed by atoms with van der Waals surface area (Å²) in [4.78, 5) is 7.28.